The third-order valence-corrected chi connectivity index (χ3v) is 5.03. The van der Waals surface area contributed by atoms with Gasteiger partial charge in [-0.1, -0.05) is 30.3 Å². The number of methoxy groups -OCH3 is 1. The SMILES string of the molecule is COC(=O)Cn1c2c(c3cccc(C(=O)O)c31)CCN(c1ccccc1)C2=O. The summed E-state index contributed by atoms with van der Waals surface area (Å²) >= 11 is 0. The second-order valence-corrected chi connectivity index (χ2v) is 6.54. The second kappa shape index (κ2) is 6.84. The van der Waals surface area contributed by atoms with Crippen molar-refractivity contribution in [1.29, 1.82) is 0 Å². The van der Waals surface area contributed by atoms with Gasteiger partial charge in [0.05, 0.1) is 18.2 Å². The molecule has 0 unspecified atom stereocenters. The number of fused-ring (bicyclic) bond motifs is 3. The van der Waals surface area contributed by atoms with Crippen LogP contribution in [0.15, 0.2) is 48.5 Å². The van der Waals surface area contributed by atoms with Crippen LogP contribution < -0.4 is 4.90 Å². The van der Waals surface area contributed by atoms with E-state index in [1.54, 1.807) is 17.0 Å². The minimum atomic E-state index is -1.11. The van der Waals surface area contributed by atoms with Crippen LogP contribution in [0, 0.1) is 0 Å². The Morgan fingerprint density at radius 3 is 2.54 bits per heavy atom. The zero-order valence-electron chi connectivity index (χ0n) is 15.2. The Bertz CT molecular complexity index is 1100. The molecule has 142 valence electrons. The maximum Gasteiger partial charge on any atom is 0.337 e. The summed E-state index contributed by atoms with van der Waals surface area (Å²) in [5.41, 5.74) is 2.28. The largest absolute Gasteiger partial charge is 0.478 e. The summed E-state index contributed by atoms with van der Waals surface area (Å²) in [6.07, 6.45) is 0.559. The molecular formula is C21H18N2O5. The lowest BCUT2D eigenvalue weighted by atomic mass is 10.0. The van der Waals surface area contributed by atoms with Gasteiger partial charge in [-0.05, 0) is 30.2 Å². The molecule has 2 heterocycles. The van der Waals surface area contributed by atoms with Gasteiger partial charge in [0, 0.05) is 17.6 Å². The summed E-state index contributed by atoms with van der Waals surface area (Å²) in [6, 6.07) is 14.2. The van der Waals surface area contributed by atoms with Gasteiger partial charge in [-0.2, -0.15) is 0 Å². The van der Waals surface area contributed by atoms with E-state index in [2.05, 4.69) is 0 Å². The van der Waals surface area contributed by atoms with Gasteiger partial charge in [-0.15, -0.1) is 0 Å². The van der Waals surface area contributed by atoms with E-state index in [1.807, 2.05) is 30.3 Å². The van der Waals surface area contributed by atoms with Crippen molar-refractivity contribution in [2.24, 2.45) is 0 Å². The fourth-order valence-electron chi connectivity index (χ4n) is 3.81. The highest BCUT2D eigenvalue weighted by Gasteiger charge is 2.33. The van der Waals surface area contributed by atoms with E-state index in [-0.39, 0.29) is 18.0 Å². The van der Waals surface area contributed by atoms with E-state index < -0.39 is 11.9 Å². The molecule has 0 bridgehead atoms. The number of amides is 1. The highest BCUT2D eigenvalue weighted by Crippen LogP contribution is 2.34. The molecule has 0 radical (unpaired) electrons. The van der Waals surface area contributed by atoms with Gasteiger partial charge in [0.25, 0.3) is 5.91 Å². The van der Waals surface area contributed by atoms with Crippen molar-refractivity contribution in [3.63, 3.8) is 0 Å². The highest BCUT2D eigenvalue weighted by molar-refractivity contribution is 6.14. The maximum atomic E-state index is 13.4. The van der Waals surface area contributed by atoms with Crippen LogP contribution >= 0.6 is 0 Å². The van der Waals surface area contributed by atoms with Gasteiger partial charge < -0.3 is 19.3 Å². The summed E-state index contributed by atoms with van der Waals surface area (Å²) in [4.78, 5) is 38.8. The van der Waals surface area contributed by atoms with Crippen LogP contribution in [0.4, 0.5) is 5.69 Å². The van der Waals surface area contributed by atoms with E-state index in [9.17, 15) is 19.5 Å². The van der Waals surface area contributed by atoms with E-state index in [0.29, 0.717) is 29.6 Å². The number of carbonyl (C=O) groups excluding carboxylic acids is 2. The molecule has 0 saturated carbocycles. The number of esters is 1. The quantitative estimate of drug-likeness (QED) is 0.705. The van der Waals surface area contributed by atoms with E-state index in [4.69, 9.17) is 4.74 Å². The number of hydrogen-bond acceptors (Lipinski definition) is 4. The third-order valence-electron chi connectivity index (χ3n) is 5.03. The van der Waals surface area contributed by atoms with Crippen molar-refractivity contribution in [3.8, 4) is 0 Å². The van der Waals surface area contributed by atoms with Gasteiger partial charge in [0.2, 0.25) is 0 Å². The number of ether oxygens (including phenoxy) is 1. The first kappa shape index (κ1) is 17.8. The van der Waals surface area contributed by atoms with Crippen molar-refractivity contribution in [2.75, 3.05) is 18.6 Å². The summed E-state index contributed by atoms with van der Waals surface area (Å²) in [5.74, 6) is -1.92. The van der Waals surface area contributed by atoms with Gasteiger partial charge in [-0.25, -0.2) is 4.79 Å². The number of nitrogens with zero attached hydrogens (tertiary/aromatic N) is 2. The zero-order valence-corrected chi connectivity index (χ0v) is 15.2. The van der Waals surface area contributed by atoms with Crippen LogP contribution in [-0.2, 0) is 22.5 Å². The van der Waals surface area contributed by atoms with E-state index in [1.165, 1.54) is 17.7 Å². The first-order valence-corrected chi connectivity index (χ1v) is 8.84. The maximum absolute atomic E-state index is 13.4. The predicted octanol–water partition coefficient (Wildman–Crippen LogP) is 2.72. The van der Waals surface area contributed by atoms with Crippen LogP contribution in [0.3, 0.4) is 0 Å². The Hall–Kier alpha value is -3.61. The van der Waals surface area contributed by atoms with Crippen molar-refractivity contribution in [3.05, 3.63) is 65.4 Å². The van der Waals surface area contributed by atoms with Gasteiger partial charge in [0.15, 0.2) is 0 Å². The number of hydrogen-bond donors (Lipinski definition) is 1. The number of carboxylic acids is 1. The van der Waals surface area contributed by atoms with Gasteiger partial charge >= 0.3 is 11.9 Å². The van der Waals surface area contributed by atoms with Crippen molar-refractivity contribution >= 4 is 34.4 Å². The minimum Gasteiger partial charge on any atom is -0.478 e. The molecule has 0 fully saturated rings. The Balaban J connectivity index is 1.96. The lowest BCUT2D eigenvalue weighted by molar-refractivity contribution is -0.141. The highest BCUT2D eigenvalue weighted by atomic mass is 16.5. The van der Waals surface area contributed by atoms with Crippen molar-refractivity contribution in [1.82, 2.24) is 4.57 Å². The van der Waals surface area contributed by atoms with Crippen LogP contribution in [0.2, 0.25) is 0 Å². The van der Waals surface area contributed by atoms with Crippen molar-refractivity contribution < 1.29 is 24.2 Å². The third kappa shape index (κ3) is 2.72. The molecule has 28 heavy (non-hydrogen) atoms. The number of carbonyl (C=O) groups is 3. The first-order valence-electron chi connectivity index (χ1n) is 8.84. The monoisotopic (exact) mass is 378 g/mol. The van der Waals surface area contributed by atoms with Crippen LogP contribution in [-0.4, -0.2) is 41.2 Å². The Morgan fingerprint density at radius 1 is 1.11 bits per heavy atom. The Labute approximate surface area is 160 Å². The molecule has 0 spiro atoms. The Kier molecular flexibility index (Phi) is 4.35. The molecule has 1 aliphatic rings. The van der Waals surface area contributed by atoms with Crippen LogP contribution in [0.1, 0.15) is 26.4 Å². The molecule has 7 nitrogen and oxygen atoms in total. The zero-order chi connectivity index (χ0) is 19.8. The van der Waals surface area contributed by atoms with Crippen LogP contribution in [0.5, 0.6) is 0 Å². The first-order chi connectivity index (χ1) is 13.5. The molecule has 0 aliphatic carbocycles. The molecule has 1 N–H and O–H groups in total. The molecule has 7 heteroatoms. The topological polar surface area (TPSA) is 88.8 Å². The summed E-state index contributed by atoms with van der Waals surface area (Å²) < 4.78 is 6.26. The number of rotatable bonds is 4. The molecule has 0 saturated heterocycles. The predicted molar refractivity (Wildman–Crippen MR) is 103 cm³/mol. The summed E-state index contributed by atoms with van der Waals surface area (Å²) in [7, 11) is 1.26. The number of aromatic carboxylic acids is 1. The number of para-hydroxylation sites is 2. The van der Waals surface area contributed by atoms with E-state index >= 15 is 0 Å². The van der Waals surface area contributed by atoms with Gasteiger partial charge in [-0.3, -0.25) is 9.59 Å². The number of benzene rings is 2. The minimum absolute atomic E-state index is 0.0508. The normalized spacial score (nSPS) is 13.5. The molecule has 0 atom stereocenters. The standard InChI is InChI=1S/C21H18N2O5/c1-28-17(24)12-23-18-14(8-5-9-16(18)21(26)27)15-10-11-22(20(25)19(15)23)13-6-3-2-4-7-13/h2-9H,10-12H2,1H3,(H,26,27). The number of carboxylic acid groups (broad SMARTS) is 1. The number of anilines is 1. The fraction of sp³-hybridized carbons (Fsp3) is 0.190. The smallest absolute Gasteiger partial charge is 0.337 e. The van der Waals surface area contributed by atoms with Crippen LogP contribution in [0.25, 0.3) is 10.9 Å². The summed E-state index contributed by atoms with van der Waals surface area (Å²) in [6.45, 7) is 0.242. The fourth-order valence-corrected chi connectivity index (χ4v) is 3.81. The Morgan fingerprint density at radius 2 is 1.86 bits per heavy atom. The number of aromatic nitrogens is 1. The van der Waals surface area contributed by atoms with Gasteiger partial charge in [0.1, 0.15) is 12.2 Å². The molecule has 4 rings (SSSR count). The van der Waals surface area contributed by atoms with Crippen molar-refractivity contribution in [2.45, 2.75) is 13.0 Å². The summed E-state index contributed by atoms with van der Waals surface area (Å²) in [5, 5.41) is 10.3. The average molecular weight is 378 g/mol. The molecule has 3 aromatic rings. The molecular weight excluding hydrogens is 360 g/mol. The lowest BCUT2D eigenvalue weighted by Crippen LogP contribution is -2.39. The molecule has 2 aromatic carbocycles. The molecule has 1 aliphatic heterocycles. The average Bonchev–Trinajstić information content (AvgIpc) is 3.03. The van der Waals surface area contributed by atoms with E-state index in [0.717, 1.165) is 11.3 Å². The second-order valence-electron chi connectivity index (χ2n) is 6.54. The molecule has 1 aromatic heterocycles. The molecule has 1 amide bonds. The lowest BCUT2D eigenvalue weighted by Gasteiger charge is -2.28.